The van der Waals surface area contributed by atoms with Gasteiger partial charge in [-0.1, -0.05) is 24.6 Å². The molecule has 0 aliphatic carbocycles. The van der Waals surface area contributed by atoms with Crippen molar-refractivity contribution in [3.05, 3.63) is 119 Å². The fourth-order valence-corrected chi connectivity index (χ4v) is 10.0. The zero-order chi connectivity index (χ0) is 55.7. The molecule has 7 N–H and O–H groups in total. The first kappa shape index (κ1) is 57.5. The van der Waals surface area contributed by atoms with Gasteiger partial charge in [0.05, 0.1) is 74.5 Å². The van der Waals surface area contributed by atoms with Crippen LogP contribution in [0.1, 0.15) is 113 Å². The molecule has 2 atom stereocenters. The van der Waals surface area contributed by atoms with Crippen LogP contribution in [0.3, 0.4) is 0 Å². The van der Waals surface area contributed by atoms with Crippen LogP contribution in [-0.2, 0) is 28.6 Å². The first-order valence-corrected chi connectivity index (χ1v) is 27.1. The number of piperazine rings is 1. The number of carbonyl (C=O) groups excluding carboxylic acids is 6. The molecule has 8 rings (SSSR count). The summed E-state index contributed by atoms with van der Waals surface area (Å²) in [5.41, 5.74) is 1.99. The molecule has 4 aromatic rings. The van der Waals surface area contributed by atoms with Gasteiger partial charge in [0.1, 0.15) is 29.3 Å². The number of pyridine rings is 1. The maximum Gasteiger partial charge on any atom is 0.262 e. The van der Waals surface area contributed by atoms with E-state index in [0.29, 0.717) is 109 Å². The van der Waals surface area contributed by atoms with E-state index in [2.05, 4.69) is 31.6 Å². The number of carbonyl (C=O) groups is 6. The lowest BCUT2D eigenvalue weighted by atomic mass is 9.86. The smallest absolute Gasteiger partial charge is 0.262 e. The Morgan fingerprint density at radius 1 is 0.785 bits per heavy atom. The van der Waals surface area contributed by atoms with Crippen LogP contribution in [0.5, 0.6) is 5.75 Å². The van der Waals surface area contributed by atoms with Gasteiger partial charge in [-0.25, -0.2) is 4.39 Å². The first-order valence-electron chi connectivity index (χ1n) is 27.1. The lowest BCUT2D eigenvalue weighted by Gasteiger charge is -2.40. The van der Waals surface area contributed by atoms with Crippen molar-refractivity contribution in [2.75, 3.05) is 95.7 Å². The Labute approximate surface area is 458 Å². The normalized spacial score (nSPS) is 17.4. The van der Waals surface area contributed by atoms with Gasteiger partial charge in [0.2, 0.25) is 17.7 Å². The highest BCUT2D eigenvalue weighted by molar-refractivity contribution is 6.24. The minimum atomic E-state index is -1.14. The zero-order valence-electron chi connectivity index (χ0n) is 44.5. The van der Waals surface area contributed by atoms with Crippen LogP contribution in [0, 0.1) is 16.6 Å². The van der Waals surface area contributed by atoms with Gasteiger partial charge in [0.15, 0.2) is 0 Å². The highest BCUT2D eigenvalue weighted by Gasteiger charge is 2.45. The van der Waals surface area contributed by atoms with Gasteiger partial charge in [-0.15, -0.1) is 0 Å². The van der Waals surface area contributed by atoms with Crippen LogP contribution in [0.25, 0.3) is 0 Å². The summed E-state index contributed by atoms with van der Waals surface area (Å²) in [6.07, 6.45) is 8.41. The maximum absolute atomic E-state index is 15.3. The van der Waals surface area contributed by atoms with Crippen LogP contribution in [-0.4, -0.2) is 159 Å². The Bertz CT molecular complexity index is 2840. The lowest BCUT2D eigenvalue weighted by Crippen LogP contribution is -2.58. The van der Waals surface area contributed by atoms with Gasteiger partial charge >= 0.3 is 0 Å². The van der Waals surface area contributed by atoms with Crippen LogP contribution in [0.2, 0.25) is 0 Å². The number of halogens is 1. The molecular weight excluding hydrogens is 1020 g/mol. The molecule has 1 aromatic heterocycles. The summed E-state index contributed by atoms with van der Waals surface area (Å²) in [5.74, 6) is -2.67. The third-order valence-electron chi connectivity index (χ3n) is 14.5. The second kappa shape index (κ2) is 27.8. The largest absolute Gasteiger partial charge is 0.494 e. The molecule has 3 saturated heterocycles. The van der Waals surface area contributed by atoms with Crippen molar-refractivity contribution in [2.45, 2.75) is 82.3 Å². The molecule has 21 nitrogen and oxygen atoms in total. The molecule has 0 bridgehead atoms. The molecule has 5 heterocycles. The molecule has 3 fully saturated rings. The number of amides is 6. The number of imide groups is 2. The number of piperidine rings is 2. The number of hydrogen-bond acceptors (Lipinski definition) is 16. The summed E-state index contributed by atoms with van der Waals surface area (Å²) in [5, 5.41) is 32.7. The summed E-state index contributed by atoms with van der Waals surface area (Å²) in [7, 11) is 0. The van der Waals surface area contributed by atoms with E-state index in [1.165, 1.54) is 6.07 Å². The molecule has 420 valence electrons. The topological polar surface area (TPSA) is 270 Å². The zero-order valence-corrected chi connectivity index (χ0v) is 44.5. The van der Waals surface area contributed by atoms with Gasteiger partial charge < -0.3 is 50.0 Å². The highest BCUT2D eigenvalue weighted by Crippen LogP contribution is 2.34. The molecule has 2 unspecified atom stereocenters. The van der Waals surface area contributed by atoms with Crippen molar-refractivity contribution >= 4 is 58.5 Å². The minimum absolute atomic E-state index is 0.00322. The van der Waals surface area contributed by atoms with E-state index in [1.807, 2.05) is 43.3 Å². The van der Waals surface area contributed by atoms with Crippen LogP contribution >= 0.6 is 0 Å². The SMILES string of the molecule is CC(NC(=O)c1cccc(NC2(C(=N)NC(=N)c3ccncc3)CCNCC2)c1)c1cccc(OCCCCCCOCCOCCOCCC(=O)N2CCN(c3cc4c(cc3F)C(=O)N(C3CCC(=O)NC3=O)C4=O)CC2)c1. The number of anilines is 2. The standard InChI is InChI=1S/C57H70FN11O10/c1-38(63-52(72)41-9-6-10-42(34-41)66-57(17-21-62-22-18-57)56(60)65-51(59)39-14-19-61-20-15-39)40-8-7-11-43(35-40)79-28-5-3-2-4-27-76-30-32-78-33-31-77-29-16-50(71)68-25-23-67(24-26-68)48-37-45-44(36-46(48)58)54(74)69(55(45)75)47-12-13-49(70)64-53(47)73/h6-11,14-15,19-20,34-38,47,62,66H,2-5,12-13,16-18,21-33H2,1H3,(H,63,72)(H3,59,60,65)(H,64,70,73). The predicted molar refractivity (Wildman–Crippen MR) is 292 cm³/mol. The van der Waals surface area contributed by atoms with Crippen molar-refractivity contribution in [3.8, 4) is 5.75 Å². The first-order chi connectivity index (χ1) is 38.3. The van der Waals surface area contributed by atoms with Crippen molar-refractivity contribution < 1.29 is 52.1 Å². The van der Waals surface area contributed by atoms with Gasteiger partial charge in [0, 0.05) is 68.4 Å². The molecule has 79 heavy (non-hydrogen) atoms. The van der Waals surface area contributed by atoms with Crippen LogP contribution in [0.15, 0.2) is 85.2 Å². The average molecular weight is 1090 g/mol. The van der Waals surface area contributed by atoms with Crippen LogP contribution in [0.4, 0.5) is 15.8 Å². The number of nitrogens with one attached hydrogen (secondary N) is 7. The molecule has 4 aliphatic heterocycles. The van der Waals surface area contributed by atoms with E-state index in [9.17, 15) is 28.8 Å². The van der Waals surface area contributed by atoms with E-state index in [1.54, 1.807) is 46.5 Å². The number of benzene rings is 3. The highest BCUT2D eigenvalue weighted by atomic mass is 19.1. The Morgan fingerprint density at radius 3 is 2.18 bits per heavy atom. The van der Waals surface area contributed by atoms with Gasteiger partial charge in [0.25, 0.3) is 17.7 Å². The van der Waals surface area contributed by atoms with Gasteiger partial charge in [-0.2, -0.15) is 0 Å². The fourth-order valence-electron chi connectivity index (χ4n) is 10.0. The summed E-state index contributed by atoms with van der Waals surface area (Å²) >= 11 is 0. The number of ether oxygens (including phenoxy) is 4. The van der Waals surface area contributed by atoms with Crippen molar-refractivity contribution in [1.29, 1.82) is 10.8 Å². The summed E-state index contributed by atoms with van der Waals surface area (Å²) in [6.45, 7) is 7.60. The van der Waals surface area contributed by atoms with E-state index in [-0.39, 0.29) is 72.2 Å². The number of aromatic nitrogens is 1. The molecule has 4 aliphatic rings. The number of rotatable bonds is 26. The summed E-state index contributed by atoms with van der Waals surface area (Å²) < 4.78 is 38.4. The monoisotopic (exact) mass is 1090 g/mol. The second-order valence-electron chi connectivity index (χ2n) is 19.9. The predicted octanol–water partition coefficient (Wildman–Crippen LogP) is 4.97. The maximum atomic E-state index is 15.3. The van der Waals surface area contributed by atoms with Gasteiger partial charge in [-0.3, -0.25) is 54.8 Å². The van der Waals surface area contributed by atoms with Crippen molar-refractivity contribution in [1.82, 2.24) is 36.1 Å². The van der Waals surface area contributed by atoms with E-state index in [4.69, 9.17) is 29.8 Å². The quantitative estimate of drug-likeness (QED) is 0.0189. The molecular formula is C57H70FN11O10. The molecule has 6 amide bonds. The molecule has 0 spiro atoms. The Kier molecular flexibility index (Phi) is 20.2. The third-order valence-corrected chi connectivity index (χ3v) is 14.5. The van der Waals surface area contributed by atoms with Gasteiger partial charge in [-0.05, 0) is 119 Å². The van der Waals surface area contributed by atoms with Crippen LogP contribution < -0.4 is 36.2 Å². The lowest BCUT2D eigenvalue weighted by molar-refractivity contribution is -0.136. The Balaban J connectivity index is 0.635. The minimum Gasteiger partial charge on any atom is -0.494 e. The number of hydrogen-bond donors (Lipinski definition) is 7. The summed E-state index contributed by atoms with van der Waals surface area (Å²) in [6, 6.07) is 19.4. The van der Waals surface area contributed by atoms with Crippen molar-refractivity contribution in [3.63, 3.8) is 0 Å². The average Bonchev–Trinajstić information content (AvgIpc) is 3.97. The van der Waals surface area contributed by atoms with E-state index < -0.39 is 41.0 Å². The fraction of sp³-hybridized carbons (Fsp3) is 0.456. The number of fused-ring (bicyclic) bond motifs is 1. The Hall–Kier alpha value is -7.66. The third kappa shape index (κ3) is 15.1. The number of nitrogens with zero attached hydrogens (tertiary/aromatic N) is 4. The number of amidine groups is 2. The number of unbranched alkanes of at least 4 members (excludes halogenated alkanes) is 3. The van der Waals surface area contributed by atoms with E-state index >= 15 is 4.39 Å². The molecule has 3 aromatic carbocycles. The molecule has 22 heteroatoms. The second-order valence-corrected chi connectivity index (χ2v) is 19.9. The molecule has 0 radical (unpaired) electrons. The Morgan fingerprint density at radius 2 is 1.46 bits per heavy atom. The molecule has 0 saturated carbocycles. The van der Waals surface area contributed by atoms with E-state index in [0.717, 1.165) is 48.0 Å². The van der Waals surface area contributed by atoms with Crippen molar-refractivity contribution in [2.24, 2.45) is 0 Å². The summed E-state index contributed by atoms with van der Waals surface area (Å²) in [4.78, 5) is 85.0.